The molecular weight excluding hydrogens is 381 g/mol. The predicted octanol–water partition coefficient (Wildman–Crippen LogP) is 2.02. The van der Waals surface area contributed by atoms with Gasteiger partial charge in [0, 0.05) is 9.13 Å². The number of carbonyl (C=O) groups is 2. The van der Waals surface area contributed by atoms with Crippen molar-refractivity contribution >= 4 is 50.9 Å². The van der Waals surface area contributed by atoms with Crippen molar-refractivity contribution in [1.82, 2.24) is 10.2 Å². The van der Waals surface area contributed by atoms with Crippen molar-refractivity contribution in [1.29, 1.82) is 0 Å². The highest BCUT2D eigenvalue weighted by atomic mass is 127. The summed E-state index contributed by atoms with van der Waals surface area (Å²) in [5, 5.41) is 19.3. The Morgan fingerprint density at radius 3 is 2.58 bits per heavy atom. The molecule has 0 saturated carbocycles. The number of aromatic nitrogens is 2. The number of carboxylic acids is 1. The Hall–Kier alpha value is -1.55. The highest BCUT2D eigenvalue weighted by molar-refractivity contribution is 14.1. The molecule has 0 bridgehead atoms. The van der Waals surface area contributed by atoms with E-state index in [0.29, 0.717) is 15.7 Å². The van der Waals surface area contributed by atoms with Crippen LogP contribution in [0.25, 0.3) is 0 Å². The van der Waals surface area contributed by atoms with Gasteiger partial charge in [0.05, 0.1) is 6.42 Å². The van der Waals surface area contributed by atoms with Crippen LogP contribution in [0, 0.1) is 3.57 Å². The van der Waals surface area contributed by atoms with Crippen LogP contribution >= 0.6 is 33.9 Å². The van der Waals surface area contributed by atoms with Gasteiger partial charge in [-0.3, -0.25) is 14.9 Å². The van der Waals surface area contributed by atoms with Gasteiger partial charge in [-0.15, -0.1) is 10.2 Å². The molecule has 1 amide bonds. The van der Waals surface area contributed by atoms with Crippen molar-refractivity contribution in [3.05, 3.63) is 38.4 Å². The average Bonchev–Trinajstić information content (AvgIpc) is 2.76. The number of nitrogens with zero attached hydrogens (tertiary/aromatic N) is 2. The quantitative estimate of drug-likeness (QED) is 0.781. The third-order valence-corrected chi connectivity index (χ3v) is 3.65. The van der Waals surface area contributed by atoms with Crippen molar-refractivity contribution in [2.24, 2.45) is 0 Å². The zero-order valence-electron chi connectivity index (χ0n) is 9.46. The summed E-state index contributed by atoms with van der Waals surface area (Å²) in [4.78, 5) is 22.4. The van der Waals surface area contributed by atoms with E-state index in [1.807, 2.05) is 12.1 Å². The van der Waals surface area contributed by atoms with Crippen LogP contribution in [-0.2, 0) is 11.2 Å². The molecule has 1 heterocycles. The first kappa shape index (κ1) is 13.9. The first-order chi connectivity index (χ1) is 9.04. The minimum absolute atomic E-state index is 0.197. The number of carboxylic acid groups (broad SMARTS) is 1. The van der Waals surface area contributed by atoms with Crippen LogP contribution < -0.4 is 5.32 Å². The molecule has 0 atom stereocenters. The van der Waals surface area contributed by atoms with Crippen LogP contribution in [0.2, 0.25) is 0 Å². The Morgan fingerprint density at radius 2 is 1.95 bits per heavy atom. The van der Waals surface area contributed by atoms with Gasteiger partial charge in [0.1, 0.15) is 5.01 Å². The number of rotatable bonds is 4. The molecule has 0 fully saturated rings. The summed E-state index contributed by atoms with van der Waals surface area (Å²) in [6.45, 7) is 0. The maximum Gasteiger partial charge on any atom is 0.310 e. The second-order valence-electron chi connectivity index (χ2n) is 3.53. The van der Waals surface area contributed by atoms with Crippen LogP contribution in [0.15, 0.2) is 24.3 Å². The molecule has 2 aromatic rings. The molecule has 0 saturated heterocycles. The smallest absolute Gasteiger partial charge is 0.310 e. The largest absolute Gasteiger partial charge is 0.481 e. The molecule has 2 rings (SSSR count). The fourth-order valence-corrected chi connectivity index (χ4v) is 2.36. The molecule has 0 aliphatic carbocycles. The van der Waals surface area contributed by atoms with Crippen LogP contribution in [0.5, 0.6) is 0 Å². The molecule has 0 aliphatic heterocycles. The van der Waals surface area contributed by atoms with E-state index in [-0.39, 0.29) is 12.3 Å². The molecule has 1 aromatic heterocycles. The highest BCUT2D eigenvalue weighted by Crippen LogP contribution is 2.17. The van der Waals surface area contributed by atoms with Crippen molar-refractivity contribution < 1.29 is 14.7 Å². The lowest BCUT2D eigenvalue weighted by Gasteiger charge is -2.00. The number of carbonyl (C=O) groups excluding carboxylic acids is 1. The number of benzene rings is 1. The summed E-state index contributed by atoms with van der Waals surface area (Å²) in [6, 6.07) is 7.06. The molecule has 0 radical (unpaired) electrons. The van der Waals surface area contributed by atoms with Gasteiger partial charge in [-0.2, -0.15) is 0 Å². The Kier molecular flexibility index (Phi) is 4.43. The standard InChI is InChI=1S/C11H8IN3O3S/c12-7-3-1-6(2-4-7)10(18)13-11-15-14-8(19-11)5-9(16)17/h1-4H,5H2,(H,16,17)(H,13,15,18). The molecular formula is C11H8IN3O3S. The van der Waals surface area contributed by atoms with E-state index >= 15 is 0 Å². The van der Waals surface area contributed by atoms with E-state index in [2.05, 4.69) is 38.1 Å². The minimum atomic E-state index is -0.980. The van der Waals surface area contributed by atoms with Crippen molar-refractivity contribution in [2.45, 2.75) is 6.42 Å². The van der Waals surface area contributed by atoms with Crippen molar-refractivity contribution in [3.63, 3.8) is 0 Å². The van der Waals surface area contributed by atoms with Gasteiger partial charge in [0.25, 0.3) is 5.91 Å². The average molecular weight is 389 g/mol. The zero-order chi connectivity index (χ0) is 13.8. The second kappa shape index (κ2) is 6.06. The lowest BCUT2D eigenvalue weighted by molar-refractivity contribution is -0.136. The van der Waals surface area contributed by atoms with Gasteiger partial charge in [-0.25, -0.2) is 0 Å². The molecule has 8 heteroatoms. The van der Waals surface area contributed by atoms with Crippen LogP contribution in [0.4, 0.5) is 5.13 Å². The molecule has 0 unspecified atom stereocenters. The number of hydrogen-bond donors (Lipinski definition) is 2. The molecule has 98 valence electrons. The normalized spacial score (nSPS) is 10.2. The Labute approximate surface area is 126 Å². The monoisotopic (exact) mass is 389 g/mol. The predicted molar refractivity (Wildman–Crippen MR) is 78.4 cm³/mol. The SMILES string of the molecule is O=C(O)Cc1nnc(NC(=O)c2ccc(I)cc2)s1. The third-order valence-electron chi connectivity index (χ3n) is 2.10. The minimum Gasteiger partial charge on any atom is -0.481 e. The summed E-state index contributed by atoms with van der Waals surface area (Å²) in [6.07, 6.45) is -0.197. The maximum atomic E-state index is 11.9. The molecule has 6 nitrogen and oxygen atoms in total. The van der Waals surface area contributed by atoms with Gasteiger partial charge in [0.2, 0.25) is 5.13 Å². The van der Waals surface area contributed by atoms with E-state index in [4.69, 9.17) is 5.11 Å². The fraction of sp³-hybridized carbons (Fsp3) is 0.0909. The van der Waals surface area contributed by atoms with Gasteiger partial charge < -0.3 is 5.11 Å². The van der Waals surface area contributed by atoms with E-state index in [1.165, 1.54) is 0 Å². The van der Waals surface area contributed by atoms with Gasteiger partial charge in [-0.05, 0) is 46.9 Å². The van der Waals surface area contributed by atoms with E-state index in [1.54, 1.807) is 12.1 Å². The molecule has 2 N–H and O–H groups in total. The van der Waals surface area contributed by atoms with Crippen molar-refractivity contribution in [3.8, 4) is 0 Å². The highest BCUT2D eigenvalue weighted by Gasteiger charge is 2.11. The van der Waals surface area contributed by atoms with Crippen LogP contribution in [0.1, 0.15) is 15.4 Å². The number of hydrogen-bond acceptors (Lipinski definition) is 5. The lowest BCUT2D eigenvalue weighted by Crippen LogP contribution is -2.11. The summed E-state index contributed by atoms with van der Waals surface area (Å²) in [7, 11) is 0. The maximum absolute atomic E-state index is 11.9. The first-order valence-corrected chi connectivity index (χ1v) is 7.05. The number of nitrogens with one attached hydrogen (secondary N) is 1. The summed E-state index contributed by atoms with van der Waals surface area (Å²) < 4.78 is 1.04. The Bertz CT molecular complexity index is 612. The summed E-state index contributed by atoms with van der Waals surface area (Å²) >= 11 is 3.20. The topological polar surface area (TPSA) is 92.2 Å². The fourth-order valence-electron chi connectivity index (χ4n) is 1.28. The third kappa shape index (κ3) is 3.96. The molecule has 0 aliphatic rings. The molecule has 19 heavy (non-hydrogen) atoms. The Balaban J connectivity index is 2.04. The number of halogens is 1. The van der Waals surface area contributed by atoms with Gasteiger partial charge in [-0.1, -0.05) is 11.3 Å². The zero-order valence-corrected chi connectivity index (χ0v) is 12.4. The molecule has 1 aromatic carbocycles. The van der Waals surface area contributed by atoms with E-state index < -0.39 is 5.97 Å². The number of amides is 1. The summed E-state index contributed by atoms with van der Waals surface area (Å²) in [5.74, 6) is -1.28. The van der Waals surface area contributed by atoms with Crippen molar-refractivity contribution in [2.75, 3.05) is 5.32 Å². The first-order valence-electron chi connectivity index (χ1n) is 5.15. The van der Waals surface area contributed by atoms with Gasteiger partial charge in [0.15, 0.2) is 0 Å². The molecule has 0 spiro atoms. The Morgan fingerprint density at radius 1 is 1.26 bits per heavy atom. The van der Waals surface area contributed by atoms with Crippen LogP contribution in [-0.4, -0.2) is 27.2 Å². The van der Waals surface area contributed by atoms with Crippen LogP contribution in [0.3, 0.4) is 0 Å². The number of anilines is 1. The van der Waals surface area contributed by atoms with E-state index in [0.717, 1.165) is 14.9 Å². The second-order valence-corrected chi connectivity index (χ2v) is 5.84. The van der Waals surface area contributed by atoms with Gasteiger partial charge >= 0.3 is 5.97 Å². The number of aliphatic carboxylic acids is 1. The summed E-state index contributed by atoms with van der Waals surface area (Å²) in [5.41, 5.74) is 0.510. The van der Waals surface area contributed by atoms with E-state index in [9.17, 15) is 9.59 Å². The lowest BCUT2D eigenvalue weighted by atomic mass is 10.2.